The number of nitrogens with zero attached hydrogens (tertiary/aromatic N) is 1. The molecule has 0 bridgehead atoms. The Bertz CT molecular complexity index is 718. The van der Waals surface area contributed by atoms with Gasteiger partial charge in [0.2, 0.25) is 5.91 Å². The van der Waals surface area contributed by atoms with E-state index in [1.54, 1.807) is 17.5 Å². The first-order chi connectivity index (χ1) is 12.9. The number of hydrogen-bond donors (Lipinski definition) is 2. The molecule has 1 atom stereocenters. The minimum absolute atomic E-state index is 0.0325. The van der Waals surface area contributed by atoms with Crippen LogP contribution < -0.4 is 10.6 Å². The summed E-state index contributed by atoms with van der Waals surface area (Å²) in [6.45, 7) is 2.03. The molecule has 0 unspecified atom stereocenters. The molecule has 1 aromatic rings. The normalized spacial score (nSPS) is 14.4. The summed E-state index contributed by atoms with van der Waals surface area (Å²) < 4.78 is 4.99. The highest BCUT2D eigenvalue weighted by Gasteiger charge is 2.31. The maximum Gasteiger partial charge on any atom is 0.324 e. The average molecular weight is 395 g/mol. The lowest BCUT2D eigenvalue weighted by molar-refractivity contribution is -0.157. The number of urea groups is 1. The smallest absolute Gasteiger partial charge is 0.324 e. The zero-order valence-corrected chi connectivity index (χ0v) is 15.7. The first kappa shape index (κ1) is 20.6. The van der Waals surface area contributed by atoms with Gasteiger partial charge >= 0.3 is 12.0 Å². The number of carbonyl (C=O) groups is 5. The van der Waals surface area contributed by atoms with Gasteiger partial charge < -0.3 is 15.4 Å². The summed E-state index contributed by atoms with van der Waals surface area (Å²) in [6, 6.07) is 2.97. The highest BCUT2D eigenvalue weighted by molar-refractivity contribution is 7.12. The molecule has 1 aliphatic heterocycles. The lowest BCUT2D eigenvalue weighted by Crippen LogP contribution is -2.42. The van der Waals surface area contributed by atoms with Crippen LogP contribution in [0, 0.1) is 0 Å². The monoisotopic (exact) mass is 395 g/mol. The Labute approximate surface area is 160 Å². The molecule has 0 aliphatic carbocycles. The Morgan fingerprint density at radius 1 is 1.30 bits per heavy atom. The van der Waals surface area contributed by atoms with Gasteiger partial charge in [0.05, 0.1) is 11.3 Å². The number of hydrogen-bond acceptors (Lipinski definition) is 7. The summed E-state index contributed by atoms with van der Waals surface area (Å²) in [7, 11) is 0. The van der Waals surface area contributed by atoms with Crippen molar-refractivity contribution in [1.29, 1.82) is 0 Å². The van der Waals surface area contributed by atoms with Gasteiger partial charge in [0.15, 0.2) is 11.9 Å². The van der Waals surface area contributed by atoms with E-state index in [4.69, 9.17) is 4.74 Å². The summed E-state index contributed by atoms with van der Waals surface area (Å²) in [5.41, 5.74) is 0. The van der Waals surface area contributed by atoms with E-state index in [-0.39, 0.29) is 44.0 Å². The molecule has 0 spiro atoms. The second-order valence-electron chi connectivity index (χ2n) is 5.85. The summed E-state index contributed by atoms with van der Waals surface area (Å²) in [6.07, 6.45) is -1.07. The number of imide groups is 1. The van der Waals surface area contributed by atoms with E-state index in [2.05, 4.69) is 10.6 Å². The van der Waals surface area contributed by atoms with Gasteiger partial charge in [0.25, 0.3) is 5.91 Å². The van der Waals surface area contributed by atoms with Gasteiger partial charge in [-0.3, -0.25) is 24.1 Å². The molecule has 2 heterocycles. The van der Waals surface area contributed by atoms with Crippen molar-refractivity contribution < 1.29 is 28.7 Å². The van der Waals surface area contributed by atoms with Gasteiger partial charge in [-0.1, -0.05) is 6.07 Å². The molecule has 1 fully saturated rings. The first-order valence-electron chi connectivity index (χ1n) is 8.50. The number of rotatable bonds is 9. The number of carbonyl (C=O) groups excluding carboxylic acids is 5. The number of nitrogens with one attached hydrogen (secondary N) is 2. The van der Waals surface area contributed by atoms with Crippen molar-refractivity contribution in [3.05, 3.63) is 22.4 Å². The van der Waals surface area contributed by atoms with Crippen molar-refractivity contribution >= 4 is 40.9 Å². The molecular weight excluding hydrogens is 374 g/mol. The van der Waals surface area contributed by atoms with Crippen molar-refractivity contribution in [2.24, 2.45) is 0 Å². The molecule has 1 aromatic heterocycles. The molecule has 27 heavy (non-hydrogen) atoms. The van der Waals surface area contributed by atoms with Gasteiger partial charge in [-0.2, -0.15) is 0 Å². The summed E-state index contributed by atoms with van der Waals surface area (Å²) in [4.78, 5) is 60.3. The van der Waals surface area contributed by atoms with Crippen molar-refractivity contribution in [3.63, 3.8) is 0 Å². The van der Waals surface area contributed by atoms with Crippen molar-refractivity contribution in [2.75, 3.05) is 19.6 Å². The highest BCUT2D eigenvalue weighted by atomic mass is 32.1. The maximum absolute atomic E-state index is 12.0. The average Bonchev–Trinajstić information content (AvgIpc) is 3.30. The lowest BCUT2D eigenvalue weighted by atomic mass is 10.2. The van der Waals surface area contributed by atoms with Crippen LogP contribution in [0.25, 0.3) is 0 Å². The third-order valence-corrected chi connectivity index (χ3v) is 4.72. The van der Waals surface area contributed by atoms with Gasteiger partial charge in [-0.25, -0.2) is 4.79 Å². The van der Waals surface area contributed by atoms with Crippen molar-refractivity contribution in [3.8, 4) is 0 Å². The fraction of sp³-hybridized carbons (Fsp3) is 0.471. The maximum atomic E-state index is 12.0. The van der Waals surface area contributed by atoms with E-state index >= 15 is 0 Å². The number of ketones is 1. The Hall–Kier alpha value is -2.75. The van der Waals surface area contributed by atoms with E-state index < -0.39 is 24.0 Å². The molecule has 10 heteroatoms. The summed E-state index contributed by atoms with van der Waals surface area (Å²) in [5, 5.41) is 6.81. The van der Waals surface area contributed by atoms with Crippen LogP contribution in [-0.4, -0.2) is 60.2 Å². The molecule has 2 N–H and O–H groups in total. The fourth-order valence-electron chi connectivity index (χ4n) is 2.39. The Kier molecular flexibility index (Phi) is 7.47. The Morgan fingerprint density at radius 2 is 2.07 bits per heavy atom. The van der Waals surface area contributed by atoms with Crippen LogP contribution in [0.1, 0.15) is 35.9 Å². The minimum Gasteiger partial charge on any atom is -0.452 e. The number of ether oxygens (including phenoxy) is 1. The van der Waals surface area contributed by atoms with Crippen LogP contribution in [0.5, 0.6) is 0 Å². The van der Waals surface area contributed by atoms with Crippen LogP contribution in [0.3, 0.4) is 0 Å². The largest absolute Gasteiger partial charge is 0.452 e. The van der Waals surface area contributed by atoms with Gasteiger partial charge in [0, 0.05) is 32.5 Å². The minimum atomic E-state index is -1.08. The predicted molar refractivity (Wildman–Crippen MR) is 96.2 cm³/mol. The van der Waals surface area contributed by atoms with Crippen molar-refractivity contribution in [1.82, 2.24) is 15.5 Å². The Morgan fingerprint density at radius 3 is 2.70 bits per heavy atom. The molecule has 0 saturated carbocycles. The molecule has 4 amide bonds. The fourth-order valence-corrected chi connectivity index (χ4v) is 3.08. The standard InChI is InChI=1S/C17H21N3O6S/c1-11(16(24)20-9-8-19-17(20)25)26-15(23)6-7-18-14(22)5-4-12(21)13-3-2-10-27-13/h2-3,10-11H,4-9H2,1H3,(H,18,22)(H,19,25)/t11-/m0/s1. The van der Waals surface area contributed by atoms with E-state index in [9.17, 15) is 24.0 Å². The van der Waals surface area contributed by atoms with E-state index in [1.807, 2.05) is 0 Å². The quantitative estimate of drug-likeness (QED) is 0.469. The van der Waals surface area contributed by atoms with Crippen LogP contribution in [0.4, 0.5) is 4.79 Å². The third-order valence-electron chi connectivity index (χ3n) is 3.81. The number of Topliss-reactive ketones (excluding diaryl/α,β-unsaturated/α-hetero) is 1. The SMILES string of the molecule is C[C@H](OC(=O)CCNC(=O)CCC(=O)c1cccs1)C(=O)N1CCNC1=O. The Balaban J connectivity index is 1.62. The summed E-state index contributed by atoms with van der Waals surface area (Å²) in [5.74, 6) is -1.69. The third kappa shape index (κ3) is 6.17. The molecule has 0 radical (unpaired) electrons. The van der Waals surface area contributed by atoms with E-state index in [0.29, 0.717) is 11.4 Å². The highest BCUT2D eigenvalue weighted by Crippen LogP contribution is 2.12. The molecule has 9 nitrogen and oxygen atoms in total. The molecule has 1 saturated heterocycles. The van der Waals surface area contributed by atoms with Crippen LogP contribution >= 0.6 is 11.3 Å². The van der Waals surface area contributed by atoms with E-state index in [0.717, 1.165) is 4.90 Å². The van der Waals surface area contributed by atoms with E-state index in [1.165, 1.54) is 18.3 Å². The van der Waals surface area contributed by atoms with Gasteiger partial charge in [0.1, 0.15) is 0 Å². The number of esters is 1. The number of amides is 4. The molecular formula is C17H21N3O6S. The van der Waals surface area contributed by atoms with Gasteiger partial charge in [-0.15, -0.1) is 11.3 Å². The van der Waals surface area contributed by atoms with Crippen molar-refractivity contribution in [2.45, 2.75) is 32.3 Å². The van der Waals surface area contributed by atoms with Crippen LogP contribution in [0.2, 0.25) is 0 Å². The van der Waals surface area contributed by atoms with Gasteiger partial charge in [-0.05, 0) is 18.4 Å². The molecule has 2 rings (SSSR count). The second kappa shape index (κ2) is 9.81. The topological polar surface area (TPSA) is 122 Å². The molecule has 0 aromatic carbocycles. The number of thiophene rings is 1. The zero-order valence-electron chi connectivity index (χ0n) is 14.9. The van der Waals surface area contributed by atoms with Crippen LogP contribution in [-0.2, 0) is 19.1 Å². The second-order valence-corrected chi connectivity index (χ2v) is 6.80. The predicted octanol–water partition coefficient (Wildman–Crippen LogP) is 0.701. The summed E-state index contributed by atoms with van der Waals surface area (Å²) >= 11 is 1.32. The lowest BCUT2D eigenvalue weighted by Gasteiger charge is -2.18. The first-order valence-corrected chi connectivity index (χ1v) is 9.38. The zero-order chi connectivity index (χ0) is 19.8. The molecule has 1 aliphatic rings. The van der Waals surface area contributed by atoms with Crippen LogP contribution in [0.15, 0.2) is 17.5 Å². The molecule has 146 valence electrons.